The molecule has 5 heteroatoms. The normalized spacial score (nSPS) is 10.4. The number of hydrogen-bond donors (Lipinski definition) is 1. The van der Waals surface area contributed by atoms with Crippen LogP contribution in [0, 0.1) is 17.0 Å². The Morgan fingerprint density at radius 3 is 2.63 bits per heavy atom. The van der Waals surface area contributed by atoms with Gasteiger partial charge >= 0.3 is 5.69 Å². The Balaban J connectivity index is 2.23. The first-order chi connectivity index (χ1) is 9.09. The first-order valence-corrected chi connectivity index (χ1v) is 6.78. The number of aryl methyl sites for hydroxylation is 1. The van der Waals surface area contributed by atoms with Crippen LogP contribution < -0.4 is 5.73 Å². The van der Waals surface area contributed by atoms with Crippen molar-refractivity contribution in [2.45, 2.75) is 17.6 Å². The van der Waals surface area contributed by atoms with Crippen molar-refractivity contribution in [3.05, 3.63) is 63.7 Å². The Kier molecular flexibility index (Phi) is 4.06. The maximum atomic E-state index is 11.0. The topological polar surface area (TPSA) is 69.2 Å². The standard InChI is InChI=1S/C14H14N2O2S/c1-10-5-2-3-6-11(10)9-19-13-8-4-7-12(15)14(13)16(17)18/h2-8H,9,15H2,1H3. The van der Waals surface area contributed by atoms with E-state index in [9.17, 15) is 10.1 Å². The molecule has 98 valence electrons. The molecular formula is C14H14N2O2S. The summed E-state index contributed by atoms with van der Waals surface area (Å²) >= 11 is 1.44. The van der Waals surface area contributed by atoms with Crippen LogP contribution in [0.25, 0.3) is 0 Å². The van der Waals surface area contributed by atoms with Crippen LogP contribution in [0.1, 0.15) is 11.1 Å². The minimum Gasteiger partial charge on any atom is -0.393 e. The lowest BCUT2D eigenvalue weighted by molar-refractivity contribution is -0.386. The van der Waals surface area contributed by atoms with E-state index in [0.717, 1.165) is 0 Å². The minimum atomic E-state index is -0.421. The SMILES string of the molecule is Cc1ccccc1CSc1cccc(N)c1[N+](=O)[O-]. The highest BCUT2D eigenvalue weighted by molar-refractivity contribution is 7.98. The van der Waals surface area contributed by atoms with Crippen molar-refractivity contribution >= 4 is 23.1 Å². The molecule has 0 aliphatic heterocycles. The van der Waals surface area contributed by atoms with Gasteiger partial charge in [-0.1, -0.05) is 30.3 Å². The number of thioether (sulfide) groups is 1. The molecule has 0 atom stereocenters. The summed E-state index contributed by atoms with van der Waals surface area (Å²) in [4.78, 5) is 11.2. The van der Waals surface area contributed by atoms with E-state index >= 15 is 0 Å². The molecule has 0 saturated heterocycles. The van der Waals surface area contributed by atoms with Crippen LogP contribution in [0.15, 0.2) is 47.4 Å². The van der Waals surface area contributed by atoms with E-state index in [4.69, 9.17) is 5.73 Å². The second kappa shape index (κ2) is 5.75. The lowest BCUT2D eigenvalue weighted by atomic mass is 10.1. The van der Waals surface area contributed by atoms with Crippen LogP contribution in [0.4, 0.5) is 11.4 Å². The Hall–Kier alpha value is -2.01. The number of nitro benzene ring substituents is 1. The van der Waals surface area contributed by atoms with Crippen LogP contribution >= 0.6 is 11.8 Å². The molecule has 0 heterocycles. The van der Waals surface area contributed by atoms with E-state index in [0.29, 0.717) is 10.6 Å². The molecule has 0 unspecified atom stereocenters. The van der Waals surface area contributed by atoms with Gasteiger partial charge in [0, 0.05) is 5.75 Å². The predicted molar refractivity (Wildman–Crippen MR) is 78.2 cm³/mol. The van der Waals surface area contributed by atoms with Gasteiger partial charge in [-0.05, 0) is 30.2 Å². The zero-order valence-corrected chi connectivity index (χ0v) is 11.3. The molecule has 0 amide bonds. The number of nitro groups is 1. The average molecular weight is 274 g/mol. The largest absolute Gasteiger partial charge is 0.393 e. The molecule has 0 spiro atoms. The van der Waals surface area contributed by atoms with Gasteiger partial charge in [0.25, 0.3) is 0 Å². The van der Waals surface area contributed by atoms with Crippen molar-refractivity contribution in [1.29, 1.82) is 0 Å². The molecule has 2 N–H and O–H groups in total. The van der Waals surface area contributed by atoms with Crippen molar-refractivity contribution in [3.63, 3.8) is 0 Å². The average Bonchev–Trinajstić information content (AvgIpc) is 2.37. The van der Waals surface area contributed by atoms with Gasteiger partial charge in [-0.15, -0.1) is 11.8 Å². The molecule has 0 fully saturated rings. The third kappa shape index (κ3) is 3.06. The first-order valence-electron chi connectivity index (χ1n) is 5.80. The summed E-state index contributed by atoms with van der Waals surface area (Å²) in [5.74, 6) is 0.691. The van der Waals surface area contributed by atoms with E-state index in [-0.39, 0.29) is 11.4 Å². The summed E-state index contributed by atoms with van der Waals surface area (Å²) < 4.78 is 0. The van der Waals surface area contributed by atoms with Gasteiger partial charge in [-0.3, -0.25) is 10.1 Å². The monoisotopic (exact) mass is 274 g/mol. The van der Waals surface area contributed by atoms with Crippen molar-refractivity contribution in [2.24, 2.45) is 0 Å². The van der Waals surface area contributed by atoms with Gasteiger partial charge in [0.15, 0.2) is 0 Å². The molecule has 0 aromatic heterocycles. The molecule has 2 rings (SSSR count). The summed E-state index contributed by atoms with van der Waals surface area (Å²) in [6.07, 6.45) is 0. The van der Waals surface area contributed by atoms with E-state index in [1.54, 1.807) is 18.2 Å². The smallest absolute Gasteiger partial charge is 0.305 e. The van der Waals surface area contributed by atoms with Crippen molar-refractivity contribution in [2.75, 3.05) is 5.73 Å². The van der Waals surface area contributed by atoms with Crippen LogP contribution in [-0.2, 0) is 5.75 Å². The lowest BCUT2D eigenvalue weighted by Crippen LogP contribution is -1.97. The fourth-order valence-corrected chi connectivity index (χ4v) is 2.92. The summed E-state index contributed by atoms with van der Waals surface area (Å²) in [5.41, 5.74) is 8.23. The third-order valence-corrected chi connectivity index (χ3v) is 3.95. The Bertz CT molecular complexity index is 614. The second-order valence-electron chi connectivity index (χ2n) is 4.17. The van der Waals surface area contributed by atoms with E-state index in [1.807, 2.05) is 31.2 Å². The summed E-state index contributed by atoms with van der Waals surface area (Å²) in [5, 5.41) is 11.0. The zero-order valence-electron chi connectivity index (χ0n) is 10.5. The number of anilines is 1. The quantitative estimate of drug-likeness (QED) is 0.399. The number of rotatable bonds is 4. The van der Waals surface area contributed by atoms with Gasteiger partial charge in [-0.2, -0.15) is 0 Å². The summed E-state index contributed by atoms with van der Waals surface area (Å²) in [6, 6.07) is 13.0. The van der Waals surface area contributed by atoms with Crippen molar-refractivity contribution in [3.8, 4) is 0 Å². The molecule has 4 nitrogen and oxygen atoms in total. The van der Waals surface area contributed by atoms with Gasteiger partial charge in [0.1, 0.15) is 5.69 Å². The Labute approximate surface area is 115 Å². The number of para-hydroxylation sites is 1. The predicted octanol–water partition coefficient (Wildman–Crippen LogP) is 3.78. The molecule has 0 aliphatic rings. The van der Waals surface area contributed by atoms with Crippen LogP contribution in [0.5, 0.6) is 0 Å². The van der Waals surface area contributed by atoms with Crippen molar-refractivity contribution < 1.29 is 4.92 Å². The van der Waals surface area contributed by atoms with Crippen LogP contribution in [0.3, 0.4) is 0 Å². The number of nitrogens with two attached hydrogens (primary N) is 1. The molecule has 0 saturated carbocycles. The van der Waals surface area contributed by atoms with Gasteiger partial charge in [-0.25, -0.2) is 0 Å². The molecule has 2 aromatic carbocycles. The van der Waals surface area contributed by atoms with Gasteiger partial charge < -0.3 is 5.73 Å². The van der Waals surface area contributed by atoms with E-state index in [1.165, 1.54) is 22.9 Å². The maximum absolute atomic E-state index is 11.0. The number of nitrogens with zero attached hydrogens (tertiary/aromatic N) is 1. The minimum absolute atomic E-state index is 0.00100. The third-order valence-electron chi connectivity index (χ3n) is 2.86. The summed E-state index contributed by atoms with van der Waals surface area (Å²) in [7, 11) is 0. The first kappa shape index (κ1) is 13.4. The summed E-state index contributed by atoms with van der Waals surface area (Å²) in [6.45, 7) is 2.03. The number of nitrogen functional groups attached to an aromatic ring is 1. The zero-order chi connectivity index (χ0) is 13.8. The number of benzene rings is 2. The van der Waals surface area contributed by atoms with Crippen LogP contribution in [-0.4, -0.2) is 4.92 Å². The van der Waals surface area contributed by atoms with E-state index in [2.05, 4.69) is 0 Å². The molecule has 0 radical (unpaired) electrons. The van der Waals surface area contributed by atoms with Crippen molar-refractivity contribution in [1.82, 2.24) is 0 Å². The molecular weight excluding hydrogens is 260 g/mol. The maximum Gasteiger partial charge on any atom is 0.305 e. The van der Waals surface area contributed by atoms with Gasteiger partial charge in [0.05, 0.1) is 9.82 Å². The Morgan fingerprint density at radius 2 is 1.95 bits per heavy atom. The molecule has 2 aromatic rings. The lowest BCUT2D eigenvalue weighted by Gasteiger charge is -2.07. The molecule has 19 heavy (non-hydrogen) atoms. The number of hydrogen-bond acceptors (Lipinski definition) is 4. The van der Waals surface area contributed by atoms with E-state index < -0.39 is 4.92 Å². The highest BCUT2D eigenvalue weighted by atomic mass is 32.2. The van der Waals surface area contributed by atoms with Crippen LogP contribution in [0.2, 0.25) is 0 Å². The highest BCUT2D eigenvalue weighted by Crippen LogP contribution is 2.35. The Morgan fingerprint density at radius 1 is 1.21 bits per heavy atom. The fourth-order valence-electron chi connectivity index (χ4n) is 1.78. The van der Waals surface area contributed by atoms with Gasteiger partial charge in [0.2, 0.25) is 0 Å². The fraction of sp³-hybridized carbons (Fsp3) is 0.143. The molecule has 0 aliphatic carbocycles. The highest BCUT2D eigenvalue weighted by Gasteiger charge is 2.17. The second-order valence-corrected chi connectivity index (χ2v) is 5.18. The molecule has 0 bridgehead atoms.